The smallest absolute Gasteiger partial charge is 0.385 e. The van der Waals surface area contributed by atoms with E-state index in [0.29, 0.717) is 0 Å². The van der Waals surface area contributed by atoms with Crippen molar-refractivity contribution in [2.75, 3.05) is 0 Å². The first-order valence-corrected chi connectivity index (χ1v) is 11.7. The molecule has 0 radical (unpaired) electrons. The minimum Gasteiger partial charge on any atom is -0.385 e. The van der Waals surface area contributed by atoms with Crippen molar-refractivity contribution in [3.05, 3.63) is 69.2 Å². The van der Waals surface area contributed by atoms with Crippen molar-refractivity contribution < 1.29 is 36.3 Å². The standard InChI is InChI=1S/C25H21Cl2F5N2O3/c1-23(2,3)10-17-24(11-33,19-15(28)8-14(27)9-16(19)29)18(12-5-4-6-13(26)7-12)20(34-17)21(35)37-22(36)25(30,31)32/h4-9,17-18,20,34H,10H2,1-3H3/t17-,18-,20+,24-/m0/s1. The second-order valence-electron chi connectivity index (χ2n) is 9.93. The van der Waals surface area contributed by atoms with Crippen LogP contribution in [-0.4, -0.2) is 30.2 Å². The van der Waals surface area contributed by atoms with Gasteiger partial charge >= 0.3 is 18.1 Å². The molecule has 37 heavy (non-hydrogen) atoms. The molecule has 2 aromatic rings. The molecule has 3 rings (SSSR count). The van der Waals surface area contributed by atoms with Crippen molar-refractivity contribution in [2.45, 2.75) is 56.8 Å². The molecule has 1 N–H and O–H groups in total. The highest BCUT2D eigenvalue weighted by Gasteiger charge is 2.62. The van der Waals surface area contributed by atoms with Gasteiger partial charge in [-0.25, -0.2) is 18.4 Å². The third-order valence-corrected chi connectivity index (χ3v) is 6.52. The van der Waals surface area contributed by atoms with Gasteiger partial charge in [-0.1, -0.05) is 56.1 Å². The first-order valence-electron chi connectivity index (χ1n) is 10.9. The van der Waals surface area contributed by atoms with Crippen LogP contribution in [0.15, 0.2) is 36.4 Å². The van der Waals surface area contributed by atoms with Crippen LogP contribution < -0.4 is 5.32 Å². The molecular weight excluding hydrogens is 542 g/mol. The number of alkyl halides is 3. The highest BCUT2D eigenvalue weighted by Crippen LogP contribution is 2.53. The van der Waals surface area contributed by atoms with E-state index in [9.17, 15) is 28.0 Å². The Balaban J connectivity index is 2.34. The highest BCUT2D eigenvalue weighted by molar-refractivity contribution is 6.30. The maximum atomic E-state index is 15.4. The van der Waals surface area contributed by atoms with Crippen molar-refractivity contribution in [3.63, 3.8) is 0 Å². The van der Waals surface area contributed by atoms with Crippen molar-refractivity contribution in [2.24, 2.45) is 5.41 Å². The van der Waals surface area contributed by atoms with Gasteiger partial charge in [0.1, 0.15) is 23.1 Å². The third-order valence-electron chi connectivity index (χ3n) is 6.06. The summed E-state index contributed by atoms with van der Waals surface area (Å²) in [5.74, 6) is -8.35. The number of nitriles is 1. The molecule has 1 heterocycles. The van der Waals surface area contributed by atoms with Crippen LogP contribution in [-0.2, 0) is 19.7 Å². The molecule has 4 atom stereocenters. The molecule has 2 aromatic carbocycles. The fourth-order valence-corrected chi connectivity index (χ4v) is 5.19. The van der Waals surface area contributed by atoms with E-state index in [2.05, 4.69) is 10.1 Å². The largest absolute Gasteiger partial charge is 0.491 e. The molecule has 0 aliphatic carbocycles. The van der Waals surface area contributed by atoms with E-state index >= 15 is 8.78 Å². The van der Waals surface area contributed by atoms with E-state index in [1.807, 2.05) is 6.07 Å². The summed E-state index contributed by atoms with van der Waals surface area (Å²) in [6, 6.07) is 6.19. The Hall–Kier alpha value is -2.74. The molecular formula is C25H21Cl2F5N2O3. The number of carbonyl (C=O) groups excluding carboxylic acids is 2. The molecule has 0 bridgehead atoms. The number of rotatable bonds is 4. The van der Waals surface area contributed by atoms with Crippen LogP contribution >= 0.6 is 23.2 Å². The van der Waals surface area contributed by atoms with E-state index in [1.54, 1.807) is 20.8 Å². The molecule has 1 saturated heterocycles. The second-order valence-corrected chi connectivity index (χ2v) is 10.8. The SMILES string of the molecule is CC(C)(C)C[C@@H]1N[C@@H](C(=O)OC(=O)C(F)(F)F)[C@H](c2cccc(Cl)c2)[C@@]1(C#N)c1c(F)cc(Cl)cc1F. The lowest BCUT2D eigenvalue weighted by Gasteiger charge is -2.37. The summed E-state index contributed by atoms with van der Waals surface area (Å²) < 4.78 is 73.5. The molecule has 1 fully saturated rings. The van der Waals surface area contributed by atoms with Crippen LogP contribution in [0.1, 0.15) is 44.2 Å². The number of nitrogens with zero attached hydrogens (tertiary/aromatic N) is 1. The zero-order chi connectivity index (χ0) is 27.9. The number of hydrogen-bond donors (Lipinski definition) is 1. The van der Waals surface area contributed by atoms with Crippen molar-refractivity contribution >= 4 is 35.1 Å². The number of benzene rings is 2. The minimum absolute atomic E-state index is 0.0378. The number of carbonyl (C=O) groups is 2. The van der Waals surface area contributed by atoms with Crippen LogP contribution in [0.4, 0.5) is 22.0 Å². The topological polar surface area (TPSA) is 79.2 Å². The summed E-state index contributed by atoms with van der Waals surface area (Å²) in [6.07, 6.45) is -5.44. The quantitative estimate of drug-likeness (QED) is 0.271. The zero-order valence-corrected chi connectivity index (χ0v) is 21.2. The molecule has 5 nitrogen and oxygen atoms in total. The average Bonchev–Trinajstić information content (AvgIpc) is 3.05. The Bertz CT molecular complexity index is 1250. The third kappa shape index (κ3) is 5.74. The van der Waals surface area contributed by atoms with Crippen LogP contribution in [0.2, 0.25) is 10.0 Å². The summed E-state index contributed by atoms with van der Waals surface area (Å²) >= 11 is 11.9. The van der Waals surface area contributed by atoms with E-state index in [1.165, 1.54) is 24.3 Å². The minimum atomic E-state index is -5.48. The Morgan fingerprint density at radius 3 is 2.16 bits per heavy atom. The highest BCUT2D eigenvalue weighted by atomic mass is 35.5. The molecule has 0 aromatic heterocycles. The lowest BCUT2D eigenvalue weighted by molar-refractivity contribution is -0.202. The van der Waals surface area contributed by atoms with Gasteiger partial charge in [-0.2, -0.15) is 18.4 Å². The van der Waals surface area contributed by atoms with Gasteiger partial charge < -0.3 is 4.74 Å². The summed E-state index contributed by atoms with van der Waals surface area (Å²) in [4.78, 5) is 24.5. The number of esters is 2. The molecule has 0 unspecified atom stereocenters. The predicted octanol–water partition coefficient (Wildman–Crippen LogP) is 6.23. The van der Waals surface area contributed by atoms with Crippen molar-refractivity contribution in [1.82, 2.24) is 5.32 Å². The maximum Gasteiger partial charge on any atom is 0.491 e. The van der Waals surface area contributed by atoms with Crippen molar-refractivity contribution in [1.29, 1.82) is 5.26 Å². The number of nitrogens with one attached hydrogen (secondary N) is 1. The van der Waals surface area contributed by atoms with Crippen LogP contribution in [0.5, 0.6) is 0 Å². The molecule has 0 saturated carbocycles. The summed E-state index contributed by atoms with van der Waals surface area (Å²) in [5, 5.41) is 13.2. The molecule has 0 amide bonds. The van der Waals surface area contributed by atoms with E-state index in [4.69, 9.17) is 23.2 Å². The molecule has 0 spiro atoms. The summed E-state index contributed by atoms with van der Waals surface area (Å²) in [5.41, 5.74) is -3.43. The van der Waals surface area contributed by atoms with Gasteiger partial charge in [-0.3, -0.25) is 5.32 Å². The van der Waals surface area contributed by atoms with Crippen LogP contribution in [0.3, 0.4) is 0 Å². The number of ether oxygens (including phenoxy) is 1. The molecule has 1 aliphatic rings. The average molecular weight is 563 g/mol. The van der Waals surface area contributed by atoms with Gasteiger partial charge in [0, 0.05) is 27.6 Å². The molecule has 12 heteroatoms. The lowest BCUT2D eigenvalue weighted by Crippen LogP contribution is -2.45. The fourth-order valence-electron chi connectivity index (χ4n) is 4.80. The summed E-state index contributed by atoms with van der Waals surface area (Å²) in [6.45, 7) is 5.29. The number of hydrogen-bond acceptors (Lipinski definition) is 5. The first kappa shape index (κ1) is 28.8. The second kappa shape index (κ2) is 10.2. The van der Waals surface area contributed by atoms with Gasteiger partial charge in [0.05, 0.1) is 6.07 Å². The Morgan fingerprint density at radius 1 is 1.08 bits per heavy atom. The Morgan fingerprint density at radius 2 is 1.68 bits per heavy atom. The van der Waals surface area contributed by atoms with Gasteiger partial charge in [0.25, 0.3) is 0 Å². The van der Waals surface area contributed by atoms with Gasteiger partial charge in [-0.15, -0.1) is 0 Å². The van der Waals surface area contributed by atoms with Crippen LogP contribution in [0.25, 0.3) is 0 Å². The van der Waals surface area contributed by atoms with Gasteiger partial charge in [0.15, 0.2) is 0 Å². The lowest BCUT2D eigenvalue weighted by atomic mass is 9.62. The van der Waals surface area contributed by atoms with Gasteiger partial charge in [0.2, 0.25) is 0 Å². The van der Waals surface area contributed by atoms with E-state index in [-0.39, 0.29) is 22.0 Å². The normalized spacial score (nSPS) is 24.0. The van der Waals surface area contributed by atoms with Crippen molar-refractivity contribution in [3.8, 4) is 6.07 Å². The monoisotopic (exact) mass is 562 g/mol. The predicted molar refractivity (Wildman–Crippen MR) is 125 cm³/mol. The van der Waals surface area contributed by atoms with Crippen LogP contribution in [0, 0.1) is 28.4 Å². The Labute approximate surface area is 219 Å². The Kier molecular flexibility index (Phi) is 7.94. The van der Waals surface area contributed by atoms with E-state index in [0.717, 1.165) is 12.1 Å². The maximum absolute atomic E-state index is 15.4. The van der Waals surface area contributed by atoms with Gasteiger partial charge in [-0.05, 0) is 41.7 Å². The first-order chi connectivity index (χ1) is 17.0. The fraction of sp³-hybridized carbons (Fsp3) is 0.400. The zero-order valence-electron chi connectivity index (χ0n) is 19.7. The number of halogens is 7. The molecule has 1 aliphatic heterocycles. The molecule has 198 valence electrons. The summed E-state index contributed by atoms with van der Waals surface area (Å²) in [7, 11) is 0. The van der Waals surface area contributed by atoms with E-state index < -0.39 is 64.1 Å².